The first kappa shape index (κ1) is 23.1. The number of benzene rings is 2. The zero-order valence-electron chi connectivity index (χ0n) is 18.8. The second-order valence-corrected chi connectivity index (χ2v) is 8.12. The number of amides is 1. The van der Waals surface area contributed by atoms with E-state index < -0.39 is 5.60 Å². The molecule has 1 amide bonds. The van der Waals surface area contributed by atoms with Crippen molar-refractivity contribution < 1.29 is 19.4 Å². The molecule has 1 aliphatic heterocycles. The van der Waals surface area contributed by atoms with Gasteiger partial charge in [0.15, 0.2) is 0 Å². The Hall–Kier alpha value is -2.57. The molecule has 0 aromatic heterocycles. The number of methoxy groups -OCH3 is 2. The molecule has 0 spiro atoms. The van der Waals surface area contributed by atoms with Crippen molar-refractivity contribution >= 4 is 5.91 Å². The van der Waals surface area contributed by atoms with Crippen molar-refractivity contribution in [1.82, 2.24) is 10.2 Å². The molecule has 0 aliphatic carbocycles. The van der Waals surface area contributed by atoms with Gasteiger partial charge in [0, 0.05) is 13.5 Å². The van der Waals surface area contributed by atoms with Gasteiger partial charge < -0.3 is 24.8 Å². The number of rotatable bonds is 9. The summed E-state index contributed by atoms with van der Waals surface area (Å²) in [4.78, 5) is 13.9. The average Bonchev–Trinajstić information content (AvgIpc) is 2.84. The molecular formula is C25H34N2O4. The first-order valence-corrected chi connectivity index (χ1v) is 11.0. The van der Waals surface area contributed by atoms with Gasteiger partial charge in [0.05, 0.1) is 14.2 Å². The predicted molar refractivity (Wildman–Crippen MR) is 121 cm³/mol. The van der Waals surface area contributed by atoms with Crippen LogP contribution in [0.3, 0.4) is 0 Å². The molecule has 0 bridgehead atoms. The topological polar surface area (TPSA) is 71.0 Å². The highest BCUT2D eigenvalue weighted by molar-refractivity contribution is 5.75. The summed E-state index contributed by atoms with van der Waals surface area (Å²) in [7, 11) is 4.96. The zero-order chi connectivity index (χ0) is 22.3. The monoisotopic (exact) mass is 426 g/mol. The van der Waals surface area contributed by atoms with E-state index in [9.17, 15) is 9.90 Å². The smallest absolute Gasteiger partial charge is 0.219 e. The van der Waals surface area contributed by atoms with E-state index in [0.717, 1.165) is 61.5 Å². The number of nitrogens with zero attached hydrogens (tertiary/aromatic N) is 1. The minimum Gasteiger partial charge on any atom is -0.497 e. The van der Waals surface area contributed by atoms with Gasteiger partial charge in [-0.3, -0.25) is 4.79 Å². The van der Waals surface area contributed by atoms with Crippen molar-refractivity contribution in [3.8, 4) is 11.5 Å². The Morgan fingerprint density at radius 3 is 1.90 bits per heavy atom. The highest BCUT2D eigenvalue weighted by atomic mass is 16.5. The van der Waals surface area contributed by atoms with Crippen molar-refractivity contribution in [2.24, 2.45) is 5.92 Å². The number of likely N-dealkylation sites (tertiary alicyclic amines) is 1. The second-order valence-electron chi connectivity index (χ2n) is 8.12. The average molecular weight is 427 g/mol. The molecule has 0 saturated carbocycles. The maximum absolute atomic E-state index is 12.1. The molecular weight excluding hydrogens is 392 g/mol. The van der Waals surface area contributed by atoms with Crippen molar-refractivity contribution in [3.63, 3.8) is 0 Å². The van der Waals surface area contributed by atoms with E-state index in [-0.39, 0.29) is 11.8 Å². The molecule has 168 valence electrons. The third-order valence-electron chi connectivity index (χ3n) is 6.40. The summed E-state index contributed by atoms with van der Waals surface area (Å²) >= 11 is 0. The van der Waals surface area contributed by atoms with Crippen LogP contribution in [0.5, 0.6) is 11.5 Å². The van der Waals surface area contributed by atoms with E-state index in [1.165, 1.54) is 0 Å². The van der Waals surface area contributed by atoms with Crippen LogP contribution in [0.2, 0.25) is 0 Å². The zero-order valence-corrected chi connectivity index (χ0v) is 18.8. The highest BCUT2D eigenvalue weighted by Gasteiger charge is 2.41. The van der Waals surface area contributed by atoms with Crippen molar-refractivity contribution in [2.45, 2.75) is 31.3 Å². The van der Waals surface area contributed by atoms with Crippen LogP contribution in [0.15, 0.2) is 48.5 Å². The van der Waals surface area contributed by atoms with Gasteiger partial charge in [-0.05, 0) is 80.2 Å². The fourth-order valence-electron chi connectivity index (χ4n) is 4.49. The summed E-state index contributed by atoms with van der Waals surface area (Å²) in [6.07, 6.45) is 3.17. The number of carbonyl (C=O) groups is 1. The predicted octanol–water partition coefficient (Wildman–Crippen LogP) is 3.18. The minimum absolute atomic E-state index is 0.0864. The first-order chi connectivity index (χ1) is 15.0. The minimum atomic E-state index is -1.09. The molecule has 31 heavy (non-hydrogen) atoms. The number of hydrogen-bond donors (Lipinski definition) is 2. The van der Waals surface area contributed by atoms with Crippen LogP contribution in [-0.2, 0) is 10.4 Å². The Kier molecular flexibility index (Phi) is 7.93. The van der Waals surface area contributed by atoms with Crippen LogP contribution in [-0.4, -0.2) is 56.8 Å². The summed E-state index contributed by atoms with van der Waals surface area (Å²) in [5, 5.41) is 14.8. The lowest BCUT2D eigenvalue weighted by atomic mass is 9.72. The van der Waals surface area contributed by atoms with Crippen LogP contribution in [0.4, 0.5) is 0 Å². The Bertz CT molecular complexity index is 780. The summed E-state index contributed by atoms with van der Waals surface area (Å²) in [5.74, 6) is 1.71. The highest BCUT2D eigenvalue weighted by Crippen LogP contribution is 2.42. The maximum Gasteiger partial charge on any atom is 0.219 e. The lowest BCUT2D eigenvalue weighted by Crippen LogP contribution is -2.44. The van der Waals surface area contributed by atoms with E-state index >= 15 is 0 Å². The molecule has 6 nitrogen and oxygen atoms in total. The van der Waals surface area contributed by atoms with E-state index in [0.29, 0.717) is 6.42 Å². The van der Waals surface area contributed by atoms with Crippen LogP contribution in [0.1, 0.15) is 36.8 Å². The molecule has 0 atom stereocenters. The normalized spacial score (nSPS) is 15.5. The fourth-order valence-corrected chi connectivity index (χ4v) is 4.49. The SMILES string of the molecule is CNC(=O)CCCN1CCC(C(O)(c2ccc(OC)cc2)c2ccc(OC)cc2)CC1. The van der Waals surface area contributed by atoms with Crippen molar-refractivity contribution in [2.75, 3.05) is 40.9 Å². The number of piperidine rings is 1. The van der Waals surface area contributed by atoms with Gasteiger partial charge in [-0.1, -0.05) is 24.3 Å². The summed E-state index contributed by atoms with van der Waals surface area (Å²) in [6, 6.07) is 15.4. The molecule has 2 N–H and O–H groups in total. The lowest BCUT2D eigenvalue weighted by Gasteiger charge is -2.42. The number of aliphatic hydroxyl groups is 1. The Morgan fingerprint density at radius 2 is 1.48 bits per heavy atom. The molecule has 0 unspecified atom stereocenters. The Balaban J connectivity index is 1.78. The van der Waals surface area contributed by atoms with Gasteiger partial charge >= 0.3 is 0 Å². The van der Waals surface area contributed by atoms with E-state index in [1.54, 1.807) is 21.3 Å². The van der Waals surface area contributed by atoms with Gasteiger partial charge in [0.1, 0.15) is 17.1 Å². The number of ether oxygens (including phenoxy) is 2. The van der Waals surface area contributed by atoms with Gasteiger partial charge in [-0.25, -0.2) is 0 Å². The van der Waals surface area contributed by atoms with E-state index in [1.807, 2.05) is 48.5 Å². The standard InChI is InChI=1S/C25H34N2O4/c1-26-24(28)5-4-16-27-17-14-21(15-18-27)25(29,19-6-10-22(30-2)11-7-19)20-8-12-23(31-3)13-9-20/h6-13,21,29H,4-5,14-18H2,1-3H3,(H,26,28). The molecule has 1 aliphatic rings. The Morgan fingerprint density at radius 1 is 1.00 bits per heavy atom. The number of hydrogen-bond acceptors (Lipinski definition) is 5. The largest absolute Gasteiger partial charge is 0.497 e. The third kappa shape index (κ3) is 5.38. The van der Waals surface area contributed by atoms with Gasteiger partial charge in [0.25, 0.3) is 0 Å². The second kappa shape index (κ2) is 10.6. The molecule has 0 radical (unpaired) electrons. The molecule has 1 heterocycles. The van der Waals surface area contributed by atoms with Crippen LogP contribution in [0.25, 0.3) is 0 Å². The van der Waals surface area contributed by atoms with Crippen LogP contribution >= 0.6 is 0 Å². The van der Waals surface area contributed by atoms with E-state index in [4.69, 9.17) is 9.47 Å². The van der Waals surface area contributed by atoms with Gasteiger partial charge in [-0.15, -0.1) is 0 Å². The fraction of sp³-hybridized carbons (Fsp3) is 0.480. The van der Waals surface area contributed by atoms with Crippen LogP contribution < -0.4 is 14.8 Å². The molecule has 1 fully saturated rings. The number of nitrogens with one attached hydrogen (secondary N) is 1. The summed E-state index contributed by atoms with van der Waals surface area (Å²) in [5.41, 5.74) is 0.653. The summed E-state index contributed by atoms with van der Waals surface area (Å²) < 4.78 is 10.6. The van der Waals surface area contributed by atoms with Gasteiger partial charge in [0.2, 0.25) is 5.91 Å². The molecule has 2 aromatic carbocycles. The van der Waals surface area contributed by atoms with Crippen molar-refractivity contribution in [1.29, 1.82) is 0 Å². The quantitative estimate of drug-likeness (QED) is 0.645. The molecule has 2 aromatic rings. The van der Waals surface area contributed by atoms with E-state index in [2.05, 4.69) is 10.2 Å². The summed E-state index contributed by atoms with van der Waals surface area (Å²) in [6.45, 7) is 2.73. The van der Waals surface area contributed by atoms with Crippen LogP contribution in [0, 0.1) is 5.92 Å². The Labute approximate surface area is 185 Å². The molecule has 1 saturated heterocycles. The lowest BCUT2D eigenvalue weighted by molar-refractivity contribution is -0.120. The molecule has 3 rings (SSSR count). The first-order valence-electron chi connectivity index (χ1n) is 11.0. The van der Waals surface area contributed by atoms with Crippen molar-refractivity contribution in [3.05, 3.63) is 59.7 Å². The molecule has 6 heteroatoms. The number of carbonyl (C=O) groups excluding carboxylic acids is 1. The third-order valence-corrected chi connectivity index (χ3v) is 6.40. The van der Waals surface area contributed by atoms with Gasteiger partial charge in [-0.2, -0.15) is 0 Å². The maximum atomic E-state index is 12.1.